The summed E-state index contributed by atoms with van der Waals surface area (Å²) in [7, 11) is 1.69. The molecule has 1 aliphatic heterocycles. The highest BCUT2D eigenvalue weighted by molar-refractivity contribution is 5.81. The van der Waals surface area contributed by atoms with Gasteiger partial charge >= 0.3 is 0 Å². The molecule has 2 aromatic rings. The number of nitrogens with zero attached hydrogens (tertiary/aromatic N) is 1. The highest BCUT2D eigenvalue weighted by atomic mass is 16.5. The van der Waals surface area contributed by atoms with Gasteiger partial charge in [-0.15, -0.1) is 0 Å². The number of aromatic nitrogens is 2. The van der Waals surface area contributed by atoms with Gasteiger partial charge in [-0.1, -0.05) is 12.5 Å². The van der Waals surface area contributed by atoms with Gasteiger partial charge in [-0.3, -0.25) is 0 Å². The van der Waals surface area contributed by atoms with E-state index in [1.165, 1.54) is 19.3 Å². The molecule has 0 amide bonds. The molecule has 0 spiro atoms. The first-order chi connectivity index (χ1) is 8.86. The maximum absolute atomic E-state index is 5.33. The largest absolute Gasteiger partial charge is 0.494 e. The molecule has 1 aliphatic rings. The number of rotatable bonds is 3. The fourth-order valence-electron chi connectivity index (χ4n) is 2.65. The summed E-state index contributed by atoms with van der Waals surface area (Å²) in [6.07, 6.45) is 4.83. The molecule has 1 aromatic heterocycles. The third-order valence-electron chi connectivity index (χ3n) is 3.60. The minimum absolute atomic E-state index is 0.560. The quantitative estimate of drug-likeness (QED) is 0.872. The Morgan fingerprint density at radius 2 is 2.33 bits per heavy atom. The van der Waals surface area contributed by atoms with Crippen molar-refractivity contribution in [2.75, 3.05) is 13.7 Å². The smallest absolute Gasteiger partial charge is 0.146 e. The summed E-state index contributed by atoms with van der Waals surface area (Å²) in [5, 5.41) is 3.55. The lowest BCUT2D eigenvalue weighted by Gasteiger charge is -2.22. The van der Waals surface area contributed by atoms with Crippen molar-refractivity contribution >= 4 is 11.0 Å². The highest BCUT2D eigenvalue weighted by Crippen LogP contribution is 2.23. The van der Waals surface area contributed by atoms with Gasteiger partial charge in [-0.05, 0) is 31.5 Å². The first-order valence-electron chi connectivity index (χ1n) is 6.62. The SMILES string of the molecule is COc1cccc2[nH]c(CC3CCCCN3)nc12. The molecule has 1 fully saturated rings. The number of H-pyrrole nitrogens is 1. The monoisotopic (exact) mass is 245 g/mol. The zero-order chi connectivity index (χ0) is 12.4. The lowest BCUT2D eigenvalue weighted by atomic mass is 10.0. The number of fused-ring (bicyclic) bond motifs is 1. The van der Waals surface area contributed by atoms with E-state index in [1.54, 1.807) is 7.11 Å². The van der Waals surface area contributed by atoms with Crippen LogP contribution >= 0.6 is 0 Å². The van der Waals surface area contributed by atoms with E-state index < -0.39 is 0 Å². The predicted molar refractivity (Wildman–Crippen MR) is 72.0 cm³/mol. The molecule has 4 nitrogen and oxygen atoms in total. The molecular weight excluding hydrogens is 226 g/mol. The number of piperidine rings is 1. The molecule has 1 aromatic carbocycles. The molecule has 18 heavy (non-hydrogen) atoms. The number of ether oxygens (including phenoxy) is 1. The number of aromatic amines is 1. The van der Waals surface area contributed by atoms with Gasteiger partial charge in [-0.2, -0.15) is 0 Å². The number of hydrogen-bond donors (Lipinski definition) is 2. The van der Waals surface area contributed by atoms with E-state index in [1.807, 2.05) is 18.2 Å². The van der Waals surface area contributed by atoms with Crippen LogP contribution in [0.1, 0.15) is 25.1 Å². The maximum Gasteiger partial charge on any atom is 0.146 e. The highest BCUT2D eigenvalue weighted by Gasteiger charge is 2.15. The van der Waals surface area contributed by atoms with Crippen LogP contribution in [0.5, 0.6) is 5.75 Å². The minimum atomic E-state index is 0.560. The molecule has 1 unspecified atom stereocenters. The molecule has 0 radical (unpaired) electrons. The van der Waals surface area contributed by atoms with Gasteiger partial charge in [0.15, 0.2) is 0 Å². The van der Waals surface area contributed by atoms with Crippen molar-refractivity contribution in [3.63, 3.8) is 0 Å². The number of methoxy groups -OCH3 is 1. The number of nitrogens with one attached hydrogen (secondary N) is 2. The second-order valence-electron chi connectivity index (χ2n) is 4.89. The molecule has 96 valence electrons. The van der Waals surface area contributed by atoms with Crippen LogP contribution in [0.3, 0.4) is 0 Å². The summed E-state index contributed by atoms with van der Waals surface area (Å²) < 4.78 is 5.33. The van der Waals surface area contributed by atoms with E-state index >= 15 is 0 Å². The van der Waals surface area contributed by atoms with E-state index in [4.69, 9.17) is 4.74 Å². The number of hydrogen-bond acceptors (Lipinski definition) is 3. The fraction of sp³-hybridized carbons (Fsp3) is 0.500. The zero-order valence-electron chi connectivity index (χ0n) is 10.7. The summed E-state index contributed by atoms with van der Waals surface area (Å²) in [5.41, 5.74) is 1.99. The van der Waals surface area contributed by atoms with Crippen LogP contribution < -0.4 is 10.1 Å². The average Bonchev–Trinajstić information content (AvgIpc) is 2.82. The number of para-hydroxylation sites is 1. The Bertz CT molecular complexity index is 529. The molecule has 2 heterocycles. The average molecular weight is 245 g/mol. The lowest BCUT2D eigenvalue weighted by molar-refractivity contribution is 0.395. The van der Waals surface area contributed by atoms with E-state index in [0.29, 0.717) is 6.04 Å². The fourth-order valence-corrected chi connectivity index (χ4v) is 2.65. The van der Waals surface area contributed by atoms with Crippen molar-refractivity contribution in [3.8, 4) is 5.75 Å². The van der Waals surface area contributed by atoms with E-state index in [9.17, 15) is 0 Å². The third kappa shape index (κ3) is 2.20. The lowest BCUT2D eigenvalue weighted by Crippen LogP contribution is -2.35. The zero-order valence-corrected chi connectivity index (χ0v) is 10.7. The van der Waals surface area contributed by atoms with Crippen molar-refractivity contribution in [1.82, 2.24) is 15.3 Å². The van der Waals surface area contributed by atoms with Crippen molar-refractivity contribution in [2.45, 2.75) is 31.7 Å². The van der Waals surface area contributed by atoms with Crippen molar-refractivity contribution < 1.29 is 4.74 Å². The van der Waals surface area contributed by atoms with Gasteiger partial charge in [0.25, 0.3) is 0 Å². The van der Waals surface area contributed by atoms with Gasteiger partial charge in [0.2, 0.25) is 0 Å². The van der Waals surface area contributed by atoms with Gasteiger partial charge in [-0.25, -0.2) is 4.98 Å². The third-order valence-corrected chi connectivity index (χ3v) is 3.60. The van der Waals surface area contributed by atoms with Crippen LogP contribution in [0.2, 0.25) is 0 Å². The summed E-state index contributed by atoms with van der Waals surface area (Å²) in [5.74, 6) is 1.89. The molecule has 1 saturated heterocycles. The van der Waals surface area contributed by atoms with Crippen molar-refractivity contribution in [2.24, 2.45) is 0 Å². The van der Waals surface area contributed by atoms with Gasteiger partial charge < -0.3 is 15.0 Å². The second-order valence-corrected chi connectivity index (χ2v) is 4.89. The Labute approximate surface area is 107 Å². The van der Waals surface area contributed by atoms with Crippen LogP contribution in [0.25, 0.3) is 11.0 Å². The van der Waals surface area contributed by atoms with Crippen LogP contribution in [0.4, 0.5) is 0 Å². The first kappa shape index (κ1) is 11.5. The molecule has 4 heteroatoms. The van der Waals surface area contributed by atoms with Crippen LogP contribution in [-0.2, 0) is 6.42 Å². The number of imidazole rings is 1. The summed E-state index contributed by atoms with van der Waals surface area (Å²) in [4.78, 5) is 8.04. The van der Waals surface area contributed by atoms with Crippen LogP contribution in [-0.4, -0.2) is 29.7 Å². The Morgan fingerprint density at radius 1 is 1.39 bits per heavy atom. The number of benzene rings is 1. The van der Waals surface area contributed by atoms with E-state index in [-0.39, 0.29) is 0 Å². The Morgan fingerprint density at radius 3 is 3.11 bits per heavy atom. The molecule has 0 aliphatic carbocycles. The van der Waals surface area contributed by atoms with E-state index in [0.717, 1.165) is 35.6 Å². The Kier molecular flexibility index (Phi) is 3.19. The van der Waals surface area contributed by atoms with Crippen LogP contribution in [0.15, 0.2) is 18.2 Å². The van der Waals surface area contributed by atoms with Crippen LogP contribution in [0, 0.1) is 0 Å². The van der Waals surface area contributed by atoms with Gasteiger partial charge in [0, 0.05) is 12.5 Å². The molecule has 0 bridgehead atoms. The van der Waals surface area contributed by atoms with Crippen molar-refractivity contribution in [3.05, 3.63) is 24.0 Å². The molecule has 2 N–H and O–H groups in total. The topological polar surface area (TPSA) is 49.9 Å². The van der Waals surface area contributed by atoms with Gasteiger partial charge in [0.05, 0.1) is 12.6 Å². The van der Waals surface area contributed by atoms with E-state index in [2.05, 4.69) is 15.3 Å². The van der Waals surface area contributed by atoms with Crippen molar-refractivity contribution in [1.29, 1.82) is 0 Å². The Hall–Kier alpha value is -1.55. The molecule has 3 rings (SSSR count). The van der Waals surface area contributed by atoms with Gasteiger partial charge in [0.1, 0.15) is 17.1 Å². The predicted octanol–water partition coefficient (Wildman–Crippen LogP) is 2.26. The summed E-state index contributed by atoms with van der Waals surface area (Å²) >= 11 is 0. The Balaban J connectivity index is 1.84. The summed E-state index contributed by atoms with van der Waals surface area (Å²) in [6.45, 7) is 1.13. The molecule has 1 atom stereocenters. The molecule has 0 saturated carbocycles. The summed E-state index contributed by atoms with van der Waals surface area (Å²) in [6, 6.07) is 6.54. The second kappa shape index (κ2) is 4.98. The minimum Gasteiger partial charge on any atom is -0.494 e. The first-order valence-corrected chi connectivity index (χ1v) is 6.62. The standard InChI is InChI=1S/C14H19N3O/c1-18-12-7-4-6-11-14(12)17-13(16-11)9-10-5-2-3-8-15-10/h4,6-7,10,15H,2-3,5,8-9H2,1H3,(H,16,17). The maximum atomic E-state index is 5.33. The normalized spacial score (nSPS) is 20.2. The molecular formula is C14H19N3O.